The first-order chi connectivity index (χ1) is 11.3. The minimum absolute atomic E-state index is 0.163. The lowest BCUT2D eigenvalue weighted by atomic mass is 10.2. The van der Waals surface area contributed by atoms with Crippen LogP contribution in [-0.2, 0) is 20.6 Å². The van der Waals surface area contributed by atoms with Gasteiger partial charge in [-0.1, -0.05) is 35.4 Å². The lowest BCUT2D eigenvalue weighted by molar-refractivity contribution is 0.338. The molecule has 0 saturated heterocycles. The Hall–Kier alpha value is -1.47. The van der Waals surface area contributed by atoms with Crippen LogP contribution in [0.1, 0.15) is 12.5 Å². The van der Waals surface area contributed by atoms with E-state index in [4.69, 9.17) is 11.6 Å². The summed E-state index contributed by atoms with van der Waals surface area (Å²) in [5.41, 5.74) is 3.94. The minimum Gasteiger partial charge on any atom is -0.267 e. The van der Waals surface area contributed by atoms with Crippen molar-refractivity contribution in [1.82, 2.24) is 4.98 Å². The van der Waals surface area contributed by atoms with Gasteiger partial charge in [0.15, 0.2) is 0 Å². The molecule has 0 bridgehead atoms. The molecular weight excluding hydrogens is 366 g/mol. The van der Waals surface area contributed by atoms with E-state index in [1.165, 1.54) is 4.70 Å². The molecule has 128 valence electrons. The number of aromatic nitrogens is 1. The molecular formula is C17H19ClNO3S2+. The van der Waals surface area contributed by atoms with Crippen LogP contribution in [0.3, 0.4) is 0 Å². The van der Waals surface area contributed by atoms with Gasteiger partial charge >= 0.3 is 0 Å². The van der Waals surface area contributed by atoms with Gasteiger partial charge in [0.1, 0.15) is 11.8 Å². The number of thiazole rings is 1. The number of halogens is 1. The van der Waals surface area contributed by atoms with Crippen LogP contribution in [0.15, 0.2) is 52.9 Å². The molecule has 0 N–H and O–H groups in total. The summed E-state index contributed by atoms with van der Waals surface area (Å²) in [6, 6.07) is 12.5. The lowest BCUT2D eigenvalue weighted by Crippen LogP contribution is -2.05. The summed E-state index contributed by atoms with van der Waals surface area (Å²) in [4.78, 5) is 4.44. The van der Waals surface area contributed by atoms with E-state index in [0.29, 0.717) is 0 Å². The summed E-state index contributed by atoms with van der Waals surface area (Å²) in [7, 11) is -3.36. The van der Waals surface area contributed by atoms with E-state index in [2.05, 4.69) is 21.5 Å². The molecule has 0 aliphatic rings. The maximum atomic E-state index is 11.3. The van der Waals surface area contributed by atoms with E-state index < -0.39 is 10.1 Å². The predicted molar refractivity (Wildman–Crippen MR) is 100 cm³/mol. The number of fused-ring (bicyclic) bond motifs is 1. The van der Waals surface area contributed by atoms with Gasteiger partial charge in [0, 0.05) is 16.5 Å². The highest BCUT2D eigenvalue weighted by Gasteiger charge is 2.12. The molecule has 1 aromatic heterocycles. The average Bonchev–Trinajstić information content (AvgIpc) is 2.91. The number of aryl methyl sites for hydroxylation is 2. The molecule has 0 amide bonds. The summed E-state index contributed by atoms with van der Waals surface area (Å²) in [6.45, 7) is 3.71. The highest BCUT2D eigenvalue weighted by Crippen LogP contribution is 2.30. The summed E-state index contributed by atoms with van der Waals surface area (Å²) in [6.07, 6.45) is 2.14. The number of nitrogens with zero attached hydrogens (tertiary/aromatic N) is 1. The Balaban J connectivity index is 0.000000175. The second kappa shape index (κ2) is 8.07. The van der Waals surface area contributed by atoms with Crippen LogP contribution in [0.25, 0.3) is 10.2 Å². The molecule has 0 radical (unpaired) electrons. The number of rotatable bonds is 3. The Labute approximate surface area is 150 Å². The third-order valence-electron chi connectivity index (χ3n) is 3.22. The maximum absolute atomic E-state index is 11.3. The number of hydrogen-bond donors (Lipinski definition) is 0. The van der Waals surface area contributed by atoms with E-state index >= 15 is 0 Å². The largest absolute Gasteiger partial charge is 0.296 e. The average molecular weight is 385 g/mol. The molecule has 24 heavy (non-hydrogen) atoms. The molecule has 0 spiro atoms. The van der Waals surface area contributed by atoms with Crippen molar-refractivity contribution in [1.29, 1.82) is 0 Å². The molecule has 1 unspecified atom stereocenters. The van der Waals surface area contributed by atoms with Crippen molar-refractivity contribution in [2.75, 3.05) is 6.61 Å². The van der Waals surface area contributed by atoms with Crippen molar-refractivity contribution in [2.45, 2.75) is 18.7 Å². The van der Waals surface area contributed by atoms with E-state index in [-0.39, 0.29) is 22.0 Å². The Morgan fingerprint density at radius 1 is 1.17 bits per heavy atom. The molecule has 0 fully saturated rings. The van der Waals surface area contributed by atoms with Crippen LogP contribution in [0.5, 0.6) is 0 Å². The first-order valence-electron chi connectivity index (χ1n) is 7.28. The Morgan fingerprint density at radius 2 is 1.83 bits per heavy atom. The fourth-order valence-electron chi connectivity index (χ4n) is 2.00. The molecule has 0 saturated carbocycles. The van der Waals surface area contributed by atoms with Gasteiger partial charge in [-0.3, -0.25) is 4.18 Å². The second-order valence-corrected chi connectivity index (χ2v) is 8.84. The highest BCUT2D eigenvalue weighted by molar-refractivity contribution is 7.86. The molecule has 3 aromatic rings. The Morgan fingerprint density at radius 3 is 2.42 bits per heavy atom. The van der Waals surface area contributed by atoms with Crippen molar-refractivity contribution in [2.24, 2.45) is 6.26 Å². The normalized spacial score (nSPS) is 11.9. The fourth-order valence-corrected chi connectivity index (χ4v) is 4.33. The lowest BCUT2D eigenvalue weighted by Gasteiger charge is -2.02. The number of para-hydroxylation sites is 1. The van der Waals surface area contributed by atoms with Crippen molar-refractivity contribution >= 4 is 42.4 Å². The summed E-state index contributed by atoms with van der Waals surface area (Å²) in [5, 5.41) is 0.760. The molecule has 4 nitrogen and oxygen atoms in total. The van der Waals surface area contributed by atoms with Gasteiger partial charge in [-0.2, -0.15) is 13.4 Å². The van der Waals surface area contributed by atoms with Gasteiger partial charge in [0.05, 0.1) is 16.5 Å². The Bertz CT molecular complexity index is 919. The summed E-state index contributed by atoms with van der Waals surface area (Å²) < 4.78 is 28.5. The SMILES string of the molecule is CCOS(=O)(=O)c1ccc(C)cc1.C[s+]1cnc2c(Cl)cccc21. The monoisotopic (exact) mass is 384 g/mol. The zero-order valence-electron chi connectivity index (χ0n) is 13.7. The standard InChI is InChI=1S/C9H12O3S.C8H7ClNS/c1-3-12-13(10,11)9-6-4-8(2)5-7-9;1-11-5-10-8-6(9)3-2-4-7(8)11/h4-7H,3H2,1-2H3;2-5H,1H3/q;+1. The van der Waals surface area contributed by atoms with Gasteiger partial charge in [-0.15, -0.1) is 0 Å². The van der Waals surface area contributed by atoms with Crippen molar-refractivity contribution in [3.8, 4) is 0 Å². The van der Waals surface area contributed by atoms with Gasteiger partial charge in [-0.05, 0) is 32.0 Å². The van der Waals surface area contributed by atoms with Crippen LogP contribution in [0.2, 0.25) is 5.02 Å². The summed E-state index contributed by atoms with van der Waals surface area (Å²) >= 11 is 5.93. The van der Waals surface area contributed by atoms with Gasteiger partial charge in [-0.25, -0.2) is 0 Å². The molecule has 7 heteroatoms. The molecule has 0 aliphatic heterocycles. The summed E-state index contributed by atoms with van der Waals surface area (Å²) in [5.74, 6) is 0. The van der Waals surface area contributed by atoms with Crippen LogP contribution in [-0.4, -0.2) is 20.0 Å². The topological polar surface area (TPSA) is 56.3 Å². The molecule has 1 heterocycles. The van der Waals surface area contributed by atoms with Crippen LogP contribution < -0.4 is 0 Å². The Kier molecular flexibility index (Phi) is 6.34. The van der Waals surface area contributed by atoms with Crippen molar-refractivity contribution in [3.63, 3.8) is 0 Å². The quantitative estimate of drug-likeness (QED) is 0.476. The highest BCUT2D eigenvalue weighted by atomic mass is 35.5. The van der Waals surface area contributed by atoms with Crippen LogP contribution >= 0.6 is 22.1 Å². The van der Waals surface area contributed by atoms with Crippen LogP contribution in [0.4, 0.5) is 0 Å². The smallest absolute Gasteiger partial charge is 0.267 e. The molecule has 2 aromatic carbocycles. The zero-order valence-corrected chi connectivity index (χ0v) is 16.1. The molecule has 1 atom stereocenters. The van der Waals surface area contributed by atoms with E-state index in [1.54, 1.807) is 31.2 Å². The fraction of sp³-hybridized carbons (Fsp3) is 0.235. The molecule has 0 aliphatic carbocycles. The third-order valence-corrected chi connectivity index (χ3v) is 6.36. The van der Waals surface area contributed by atoms with Gasteiger partial charge in [0.2, 0.25) is 10.2 Å². The van der Waals surface area contributed by atoms with Crippen LogP contribution in [0, 0.1) is 6.92 Å². The first kappa shape index (κ1) is 18.9. The van der Waals surface area contributed by atoms with E-state index in [0.717, 1.165) is 16.1 Å². The minimum atomic E-state index is -3.53. The predicted octanol–water partition coefficient (Wildman–Crippen LogP) is 4.89. The first-order valence-corrected chi connectivity index (χ1v) is 10.8. The number of hydrogen-bond acceptors (Lipinski definition) is 4. The van der Waals surface area contributed by atoms with E-state index in [1.807, 2.05) is 24.6 Å². The third kappa shape index (κ3) is 4.54. The number of benzene rings is 2. The van der Waals surface area contributed by atoms with Crippen molar-refractivity contribution < 1.29 is 12.6 Å². The second-order valence-electron chi connectivity index (χ2n) is 5.05. The zero-order chi connectivity index (χ0) is 17.7. The molecule has 3 rings (SSSR count). The van der Waals surface area contributed by atoms with E-state index in [9.17, 15) is 8.42 Å². The van der Waals surface area contributed by atoms with Crippen molar-refractivity contribution in [3.05, 3.63) is 58.6 Å². The van der Waals surface area contributed by atoms with Gasteiger partial charge in [0.25, 0.3) is 10.1 Å². The van der Waals surface area contributed by atoms with Gasteiger partial charge < -0.3 is 0 Å². The maximum Gasteiger partial charge on any atom is 0.296 e.